The lowest BCUT2D eigenvalue weighted by atomic mass is 10.2. The highest BCUT2D eigenvalue weighted by Crippen LogP contribution is 2.19. The van der Waals surface area contributed by atoms with E-state index in [4.69, 9.17) is 0 Å². The summed E-state index contributed by atoms with van der Waals surface area (Å²) < 4.78 is 2.14. The van der Waals surface area contributed by atoms with E-state index in [1.165, 1.54) is 0 Å². The Bertz CT molecular complexity index is 503. The standard InChI is InChI=1S/C14H21N3O/c1-3-16(4-2)8-9-17-10-12(11-18)13-6-5-7-15-14(13)17/h5-7,10,18H,3-4,8-9,11H2,1-2H3. The Morgan fingerprint density at radius 1 is 1.33 bits per heavy atom. The Labute approximate surface area is 108 Å². The molecule has 2 aromatic heterocycles. The van der Waals surface area contributed by atoms with Crippen LogP contribution in [0.3, 0.4) is 0 Å². The van der Waals surface area contributed by atoms with E-state index in [1.807, 2.05) is 18.3 Å². The van der Waals surface area contributed by atoms with Gasteiger partial charge in [-0.2, -0.15) is 0 Å². The van der Waals surface area contributed by atoms with Crippen LogP contribution < -0.4 is 0 Å². The monoisotopic (exact) mass is 247 g/mol. The smallest absolute Gasteiger partial charge is 0.140 e. The number of aromatic nitrogens is 2. The largest absolute Gasteiger partial charge is 0.392 e. The van der Waals surface area contributed by atoms with Crippen molar-refractivity contribution in [2.24, 2.45) is 0 Å². The summed E-state index contributed by atoms with van der Waals surface area (Å²) in [5.41, 5.74) is 1.92. The zero-order valence-corrected chi connectivity index (χ0v) is 11.1. The number of likely N-dealkylation sites (N-methyl/N-ethyl adjacent to an activating group) is 1. The summed E-state index contributed by atoms with van der Waals surface area (Å²) in [5, 5.41) is 10.4. The molecule has 0 spiro atoms. The Morgan fingerprint density at radius 2 is 2.11 bits per heavy atom. The number of rotatable bonds is 6. The van der Waals surface area contributed by atoms with Crippen LogP contribution in [0.1, 0.15) is 19.4 Å². The molecule has 0 atom stereocenters. The quantitative estimate of drug-likeness (QED) is 0.847. The average Bonchev–Trinajstić information content (AvgIpc) is 2.78. The van der Waals surface area contributed by atoms with E-state index in [0.717, 1.165) is 42.8 Å². The normalized spacial score (nSPS) is 11.6. The zero-order valence-electron chi connectivity index (χ0n) is 11.1. The minimum absolute atomic E-state index is 0.0699. The maximum absolute atomic E-state index is 9.37. The van der Waals surface area contributed by atoms with Crippen molar-refractivity contribution in [2.45, 2.75) is 27.0 Å². The third-order valence-electron chi connectivity index (χ3n) is 3.44. The molecule has 0 saturated heterocycles. The van der Waals surface area contributed by atoms with Crippen molar-refractivity contribution >= 4 is 11.0 Å². The van der Waals surface area contributed by atoms with Gasteiger partial charge in [0.25, 0.3) is 0 Å². The van der Waals surface area contributed by atoms with Crippen LogP contribution in [0.5, 0.6) is 0 Å². The van der Waals surface area contributed by atoms with Gasteiger partial charge < -0.3 is 14.6 Å². The first-order valence-electron chi connectivity index (χ1n) is 6.56. The average molecular weight is 247 g/mol. The van der Waals surface area contributed by atoms with Crippen molar-refractivity contribution in [1.29, 1.82) is 0 Å². The molecule has 0 saturated carbocycles. The molecular weight excluding hydrogens is 226 g/mol. The molecular formula is C14H21N3O. The molecule has 0 amide bonds. The minimum atomic E-state index is 0.0699. The molecule has 0 fully saturated rings. The molecule has 0 aliphatic carbocycles. The summed E-state index contributed by atoms with van der Waals surface area (Å²) in [6, 6.07) is 3.93. The fraction of sp³-hybridized carbons (Fsp3) is 0.500. The fourth-order valence-corrected chi connectivity index (χ4v) is 2.28. The van der Waals surface area contributed by atoms with Crippen LogP contribution in [0, 0.1) is 0 Å². The molecule has 0 aromatic carbocycles. The molecule has 18 heavy (non-hydrogen) atoms. The summed E-state index contributed by atoms with van der Waals surface area (Å²) in [6.07, 6.45) is 3.82. The molecule has 2 rings (SSSR count). The van der Waals surface area contributed by atoms with Crippen LogP contribution in [0.25, 0.3) is 11.0 Å². The van der Waals surface area contributed by atoms with Gasteiger partial charge in [0, 0.05) is 36.4 Å². The number of nitrogens with zero attached hydrogens (tertiary/aromatic N) is 3. The Balaban J connectivity index is 2.22. The number of hydrogen-bond acceptors (Lipinski definition) is 3. The second kappa shape index (κ2) is 5.98. The fourth-order valence-electron chi connectivity index (χ4n) is 2.28. The van der Waals surface area contributed by atoms with Crippen molar-refractivity contribution in [3.05, 3.63) is 30.1 Å². The summed E-state index contributed by atoms with van der Waals surface area (Å²) in [5.74, 6) is 0. The molecule has 98 valence electrons. The summed E-state index contributed by atoms with van der Waals surface area (Å²) in [6.45, 7) is 8.48. The first-order valence-corrected chi connectivity index (χ1v) is 6.56. The zero-order chi connectivity index (χ0) is 13.0. The highest BCUT2D eigenvalue weighted by molar-refractivity contribution is 5.80. The van der Waals surface area contributed by atoms with Crippen molar-refractivity contribution < 1.29 is 5.11 Å². The van der Waals surface area contributed by atoms with E-state index < -0.39 is 0 Å². The third-order valence-corrected chi connectivity index (χ3v) is 3.44. The Hall–Kier alpha value is -1.39. The van der Waals surface area contributed by atoms with Crippen LogP contribution in [-0.4, -0.2) is 39.2 Å². The van der Waals surface area contributed by atoms with Crippen molar-refractivity contribution in [2.75, 3.05) is 19.6 Å². The van der Waals surface area contributed by atoms with Gasteiger partial charge in [-0.05, 0) is 25.2 Å². The van der Waals surface area contributed by atoms with Crippen LogP contribution in [-0.2, 0) is 13.2 Å². The van der Waals surface area contributed by atoms with Crippen molar-refractivity contribution in [3.63, 3.8) is 0 Å². The number of hydrogen-bond donors (Lipinski definition) is 1. The molecule has 0 unspecified atom stereocenters. The number of pyridine rings is 1. The summed E-state index contributed by atoms with van der Waals surface area (Å²) in [7, 11) is 0. The van der Waals surface area contributed by atoms with Gasteiger partial charge in [-0.3, -0.25) is 0 Å². The van der Waals surface area contributed by atoms with E-state index >= 15 is 0 Å². The first kappa shape index (κ1) is 13.1. The molecule has 4 heteroatoms. The lowest BCUT2D eigenvalue weighted by molar-refractivity contribution is 0.281. The first-order chi connectivity index (χ1) is 8.80. The van der Waals surface area contributed by atoms with Gasteiger partial charge in [0.2, 0.25) is 0 Å². The Morgan fingerprint density at radius 3 is 2.78 bits per heavy atom. The van der Waals surface area contributed by atoms with Crippen molar-refractivity contribution in [1.82, 2.24) is 14.5 Å². The summed E-state index contributed by atoms with van der Waals surface area (Å²) >= 11 is 0. The maximum Gasteiger partial charge on any atom is 0.140 e. The van der Waals surface area contributed by atoms with Crippen LogP contribution in [0.2, 0.25) is 0 Å². The lowest BCUT2D eigenvalue weighted by Gasteiger charge is -2.18. The second-order valence-corrected chi connectivity index (χ2v) is 4.41. The molecule has 0 bridgehead atoms. The van der Waals surface area contributed by atoms with E-state index in [1.54, 1.807) is 6.20 Å². The Kier molecular flexibility index (Phi) is 4.33. The van der Waals surface area contributed by atoms with E-state index in [0.29, 0.717) is 0 Å². The van der Waals surface area contributed by atoms with Gasteiger partial charge in [0.15, 0.2) is 0 Å². The van der Waals surface area contributed by atoms with Gasteiger partial charge in [-0.25, -0.2) is 4.98 Å². The molecule has 0 aliphatic heterocycles. The van der Waals surface area contributed by atoms with E-state index in [2.05, 4.69) is 28.3 Å². The molecule has 2 aromatic rings. The third kappa shape index (κ3) is 2.54. The predicted octanol–water partition coefficient (Wildman–Crippen LogP) is 1.87. The van der Waals surface area contributed by atoms with Gasteiger partial charge in [0.05, 0.1) is 6.61 Å². The topological polar surface area (TPSA) is 41.3 Å². The molecule has 1 N–H and O–H groups in total. The highest BCUT2D eigenvalue weighted by atomic mass is 16.3. The van der Waals surface area contributed by atoms with Gasteiger partial charge >= 0.3 is 0 Å². The van der Waals surface area contributed by atoms with Crippen LogP contribution in [0.4, 0.5) is 0 Å². The molecule has 0 aliphatic rings. The predicted molar refractivity (Wildman–Crippen MR) is 73.4 cm³/mol. The number of aliphatic hydroxyl groups is 1. The second-order valence-electron chi connectivity index (χ2n) is 4.41. The molecule has 4 nitrogen and oxygen atoms in total. The maximum atomic E-state index is 9.37. The van der Waals surface area contributed by atoms with Gasteiger partial charge in [-0.1, -0.05) is 13.8 Å². The lowest BCUT2D eigenvalue weighted by Crippen LogP contribution is -2.26. The molecule has 2 heterocycles. The minimum Gasteiger partial charge on any atom is -0.392 e. The molecule has 0 radical (unpaired) electrons. The SMILES string of the molecule is CCN(CC)CCn1cc(CO)c2cccnc21. The van der Waals surface area contributed by atoms with Crippen LogP contribution >= 0.6 is 0 Å². The number of aliphatic hydroxyl groups excluding tert-OH is 1. The highest BCUT2D eigenvalue weighted by Gasteiger charge is 2.09. The summed E-state index contributed by atoms with van der Waals surface area (Å²) in [4.78, 5) is 6.80. The van der Waals surface area contributed by atoms with E-state index in [9.17, 15) is 5.11 Å². The van der Waals surface area contributed by atoms with Gasteiger partial charge in [0.1, 0.15) is 5.65 Å². The van der Waals surface area contributed by atoms with E-state index in [-0.39, 0.29) is 6.61 Å². The van der Waals surface area contributed by atoms with Crippen molar-refractivity contribution in [3.8, 4) is 0 Å². The number of fused-ring (bicyclic) bond motifs is 1. The van der Waals surface area contributed by atoms with Crippen LogP contribution in [0.15, 0.2) is 24.5 Å². The van der Waals surface area contributed by atoms with Gasteiger partial charge in [-0.15, -0.1) is 0 Å².